The predicted octanol–water partition coefficient (Wildman–Crippen LogP) is 2.44. The van der Waals surface area contributed by atoms with Crippen LogP contribution in [0.3, 0.4) is 0 Å². The van der Waals surface area contributed by atoms with Crippen LogP contribution in [0.15, 0.2) is 28.6 Å². The van der Waals surface area contributed by atoms with E-state index in [0.29, 0.717) is 20.7 Å². The predicted molar refractivity (Wildman–Crippen MR) is 84.7 cm³/mol. The molecule has 3 N–H and O–H groups in total. The van der Waals surface area contributed by atoms with Crippen LogP contribution in [0.5, 0.6) is 0 Å². The number of nitrogens with two attached hydrogens (primary N) is 1. The standard InChI is InChI=1S/C13H14N4O2S2/c1-7(18)9-5-3-4-6-10(9)15-11(19)8(2)20-13-17-16-12(14)21-13/h3-6,8H,1-2H3,(H2,14,16)(H,15,19). The number of aromatic nitrogens is 2. The number of nitrogen functional groups attached to an aromatic ring is 1. The van der Waals surface area contributed by atoms with Gasteiger partial charge in [-0.3, -0.25) is 9.59 Å². The third-order valence-electron chi connectivity index (χ3n) is 2.63. The van der Waals surface area contributed by atoms with E-state index in [4.69, 9.17) is 5.73 Å². The molecular formula is C13H14N4O2S2. The van der Waals surface area contributed by atoms with Crippen molar-refractivity contribution in [2.45, 2.75) is 23.4 Å². The topological polar surface area (TPSA) is 98.0 Å². The molecular weight excluding hydrogens is 308 g/mol. The van der Waals surface area contributed by atoms with E-state index in [1.54, 1.807) is 31.2 Å². The first-order valence-corrected chi connectivity index (χ1v) is 7.83. The van der Waals surface area contributed by atoms with Gasteiger partial charge in [0.15, 0.2) is 10.1 Å². The SMILES string of the molecule is CC(=O)c1ccccc1NC(=O)C(C)Sc1nnc(N)s1. The maximum Gasteiger partial charge on any atom is 0.237 e. The monoisotopic (exact) mass is 322 g/mol. The van der Waals surface area contributed by atoms with Crippen molar-refractivity contribution in [3.05, 3.63) is 29.8 Å². The number of benzene rings is 1. The van der Waals surface area contributed by atoms with Gasteiger partial charge in [0.1, 0.15) is 0 Å². The number of para-hydroxylation sites is 1. The highest BCUT2D eigenvalue weighted by molar-refractivity contribution is 8.02. The number of nitrogens with zero attached hydrogens (tertiary/aromatic N) is 2. The van der Waals surface area contributed by atoms with Crippen LogP contribution in [0, 0.1) is 0 Å². The minimum atomic E-state index is -0.377. The first kappa shape index (κ1) is 15.5. The van der Waals surface area contributed by atoms with Crippen LogP contribution in [0.2, 0.25) is 0 Å². The quantitative estimate of drug-likeness (QED) is 0.648. The van der Waals surface area contributed by atoms with Crippen molar-refractivity contribution < 1.29 is 9.59 Å². The Morgan fingerprint density at radius 1 is 1.33 bits per heavy atom. The van der Waals surface area contributed by atoms with E-state index in [0.717, 1.165) is 0 Å². The summed E-state index contributed by atoms with van der Waals surface area (Å²) >= 11 is 2.51. The van der Waals surface area contributed by atoms with Gasteiger partial charge in [-0.2, -0.15) is 0 Å². The molecule has 6 nitrogen and oxygen atoms in total. The highest BCUT2D eigenvalue weighted by Crippen LogP contribution is 2.28. The zero-order chi connectivity index (χ0) is 15.4. The van der Waals surface area contributed by atoms with Gasteiger partial charge in [-0.05, 0) is 26.0 Å². The number of carbonyl (C=O) groups excluding carboxylic acids is 2. The summed E-state index contributed by atoms with van der Waals surface area (Å²) in [5.74, 6) is -0.300. The van der Waals surface area contributed by atoms with E-state index in [9.17, 15) is 9.59 Å². The number of rotatable bonds is 5. The molecule has 0 saturated carbocycles. The van der Waals surface area contributed by atoms with Gasteiger partial charge in [0.2, 0.25) is 11.0 Å². The van der Waals surface area contributed by atoms with Gasteiger partial charge < -0.3 is 11.1 Å². The Hall–Kier alpha value is -1.93. The lowest BCUT2D eigenvalue weighted by Crippen LogP contribution is -2.23. The van der Waals surface area contributed by atoms with Gasteiger partial charge in [-0.15, -0.1) is 10.2 Å². The molecule has 0 saturated heterocycles. The number of ketones is 1. The summed E-state index contributed by atoms with van der Waals surface area (Å²) < 4.78 is 0.634. The number of carbonyl (C=O) groups is 2. The van der Waals surface area contributed by atoms with Crippen molar-refractivity contribution >= 4 is 45.6 Å². The summed E-state index contributed by atoms with van der Waals surface area (Å²) in [6.07, 6.45) is 0. The molecule has 0 aliphatic heterocycles. The van der Waals surface area contributed by atoms with Crippen LogP contribution in [-0.2, 0) is 4.79 Å². The van der Waals surface area contributed by atoms with Gasteiger partial charge in [-0.25, -0.2) is 0 Å². The van der Waals surface area contributed by atoms with Crippen LogP contribution in [0.1, 0.15) is 24.2 Å². The fourth-order valence-electron chi connectivity index (χ4n) is 1.61. The number of nitrogens with one attached hydrogen (secondary N) is 1. The van der Waals surface area contributed by atoms with Crippen LogP contribution in [0.25, 0.3) is 0 Å². The Labute approximate surface area is 130 Å². The molecule has 21 heavy (non-hydrogen) atoms. The highest BCUT2D eigenvalue weighted by atomic mass is 32.2. The second-order valence-corrected chi connectivity index (χ2v) is 6.85. The lowest BCUT2D eigenvalue weighted by atomic mass is 10.1. The molecule has 1 unspecified atom stereocenters. The normalized spacial score (nSPS) is 11.9. The number of hydrogen-bond donors (Lipinski definition) is 2. The minimum absolute atomic E-state index is 0.0943. The fourth-order valence-corrected chi connectivity index (χ4v) is 3.39. The van der Waals surface area contributed by atoms with Crippen molar-refractivity contribution in [3.63, 3.8) is 0 Å². The first-order chi connectivity index (χ1) is 9.97. The maximum atomic E-state index is 12.2. The summed E-state index contributed by atoms with van der Waals surface area (Å²) in [6.45, 7) is 3.22. The fraction of sp³-hybridized carbons (Fsp3) is 0.231. The summed E-state index contributed by atoms with van der Waals surface area (Å²) in [6, 6.07) is 6.91. The van der Waals surface area contributed by atoms with Crippen molar-refractivity contribution in [1.82, 2.24) is 10.2 Å². The zero-order valence-electron chi connectivity index (χ0n) is 11.5. The van der Waals surface area contributed by atoms with Gasteiger partial charge >= 0.3 is 0 Å². The molecule has 1 aromatic heterocycles. The molecule has 0 fully saturated rings. The minimum Gasteiger partial charge on any atom is -0.374 e. The van der Waals surface area contributed by atoms with Gasteiger partial charge in [-0.1, -0.05) is 35.2 Å². The summed E-state index contributed by atoms with van der Waals surface area (Å²) in [5.41, 5.74) is 6.50. The van der Waals surface area contributed by atoms with E-state index in [1.807, 2.05) is 0 Å². The Morgan fingerprint density at radius 3 is 2.67 bits per heavy atom. The van der Waals surface area contributed by atoms with Crippen LogP contribution in [-0.4, -0.2) is 27.1 Å². The number of thioether (sulfide) groups is 1. The van der Waals surface area contributed by atoms with Gasteiger partial charge in [0.05, 0.1) is 10.9 Å². The van der Waals surface area contributed by atoms with Crippen molar-refractivity contribution in [2.24, 2.45) is 0 Å². The highest BCUT2D eigenvalue weighted by Gasteiger charge is 2.18. The van der Waals surface area contributed by atoms with Crippen molar-refractivity contribution in [3.8, 4) is 0 Å². The number of anilines is 2. The second kappa shape index (κ2) is 6.68. The average Bonchev–Trinajstić information content (AvgIpc) is 2.84. The van der Waals surface area contributed by atoms with Crippen LogP contribution < -0.4 is 11.1 Å². The van der Waals surface area contributed by atoms with E-state index < -0.39 is 0 Å². The second-order valence-electron chi connectivity index (χ2n) is 4.26. The molecule has 0 spiro atoms. The average molecular weight is 322 g/mol. The maximum absolute atomic E-state index is 12.2. The molecule has 8 heteroatoms. The molecule has 1 atom stereocenters. The number of hydrogen-bond acceptors (Lipinski definition) is 7. The smallest absolute Gasteiger partial charge is 0.237 e. The third-order valence-corrected chi connectivity index (χ3v) is 4.57. The zero-order valence-corrected chi connectivity index (χ0v) is 13.1. The molecule has 0 bridgehead atoms. The van der Waals surface area contributed by atoms with E-state index in [-0.39, 0.29) is 16.9 Å². The first-order valence-electron chi connectivity index (χ1n) is 6.14. The van der Waals surface area contributed by atoms with E-state index >= 15 is 0 Å². The Balaban J connectivity index is 2.05. The third kappa shape index (κ3) is 4.02. The largest absolute Gasteiger partial charge is 0.374 e. The molecule has 1 aromatic carbocycles. The summed E-state index contributed by atoms with van der Waals surface area (Å²) in [5, 5.41) is 10.3. The summed E-state index contributed by atoms with van der Waals surface area (Å²) in [7, 11) is 0. The molecule has 0 aliphatic rings. The molecule has 1 amide bonds. The molecule has 2 aromatic rings. The van der Waals surface area contributed by atoms with Crippen molar-refractivity contribution in [2.75, 3.05) is 11.1 Å². The van der Waals surface area contributed by atoms with Gasteiger partial charge in [0, 0.05) is 5.56 Å². The lowest BCUT2D eigenvalue weighted by Gasteiger charge is -2.12. The Kier molecular flexibility index (Phi) is 4.92. The molecule has 0 aliphatic carbocycles. The Morgan fingerprint density at radius 2 is 2.05 bits per heavy atom. The van der Waals surface area contributed by atoms with Gasteiger partial charge in [0.25, 0.3) is 0 Å². The molecule has 110 valence electrons. The summed E-state index contributed by atoms with van der Waals surface area (Å²) in [4.78, 5) is 23.7. The van der Waals surface area contributed by atoms with E-state index in [1.165, 1.54) is 30.0 Å². The van der Waals surface area contributed by atoms with Crippen LogP contribution in [0.4, 0.5) is 10.8 Å². The van der Waals surface area contributed by atoms with E-state index in [2.05, 4.69) is 15.5 Å². The number of Topliss-reactive ketones (excluding diaryl/α,β-unsaturated/α-hetero) is 1. The van der Waals surface area contributed by atoms with Crippen LogP contribution >= 0.6 is 23.1 Å². The molecule has 0 radical (unpaired) electrons. The van der Waals surface area contributed by atoms with Crippen molar-refractivity contribution in [1.29, 1.82) is 0 Å². The number of amides is 1. The Bertz CT molecular complexity index is 672. The molecule has 2 rings (SSSR count). The lowest BCUT2D eigenvalue weighted by molar-refractivity contribution is -0.115. The molecule has 1 heterocycles.